The highest BCUT2D eigenvalue weighted by atomic mass is 35.5. The van der Waals surface area contributed by atoms with Crippen molar-refractivity contribution in [3.63, 3.8) is 0 Å². The molecule has 2 N–H and O–H groups in total. The number of halogens is 2. The van der Waals surface area contributed by atoms with E-state index in [9.17, 15) is 8.42 Å². The highest BCUT2D eigenvalue weighted by Gasteiger charge is 2.31. The SMILES string of the molecule is Nc1cc(-c2cc(Cl)sc2Cl)nn1C1CCS(=O)(=O)C1. The number of rotatable bonds is 2. The Hall–Kier alpha value is -0.760. The maximum atomic E-state index is 11.5. The fraction of sp³-hybridized carbons (Fsp3) is 0.364. The molecule has 1 fully saturated rings. The van der Waals surface area contributed by atoms with Gasteiger partial charge in [0.05, 0.1) is 27.6 Å². The molecule has 1 unspecified atom stereocenters. The molecule has 108 valence electrons. The second-order valence-electron chi connectivity index (χ2n) is 4.69. The van der Waals surface area contributed by atoms with Gasteiger partial charge in [-0.3, -0.25) is 0 Å². The molecule has 2 aromatic heterocycles. The van der Waals surface area contributed by atoms with Gasteiger partial charge in [0.2, 0.25) is 0 Å². The number of aromatic nitrogens is 2. The smallest absolute Gasteiger partial charge is 0.152 e. The zero-order valence-corrected chi connectivity index (χ0v) is 13.4. The molecule has 0 amide bonds. The third kappa shape index (κ3) is 2.55. The van der Waals surface area contributed by atoms with Gasteiger partial charge < -0.3 is 5.73 Å². The number of nitrogens with zero attached hydrogens (tertiary/aromatic N) is 2. The molecule has 3 heterocycles. The Bertz CT molecular complexity index is 767. The third-order valence-corrected chi connectivity index (χ3v) is 6.49. The second kappa shape index (κ2) is 4.91. The molecule has 1 atom stereocenters. The van der Waals surface area contributed by atoms with Gasteiger partial charge in [0.25, 0.3) is 0 Å². The first-order valence-corrected chi connectivity index (χ1v) is 9.26. The van der Waals surface area contributed by atoms with E-state index in [1.807, 2.05) is 0 Å². The van der Waals surface area contributed by atoms with Gasteiger partial charge in [-0.2, -0.15) is 5.10 Å². The molecule has 2 aromatic rings. The second-order valence-corrected chi connectivity index (χ2v) is 9.21. The Kier molecular flexibility index (Phi) is 3.48. The molecule has 5 nitrogen and oxygen atoms in total. The molecule has 20 heavy (non-hydrogen) atoms. The van der Waals surface area contributed by atoms with E-state index in [1.54, 1.807) is 16.8 Å². The first-order chi connectivity index (χ1) is 9.35. The van der Waals surface area contributed by atoms with Crippen molar-refractivity contribution < 1.29 is 8.42 Å². The van der Waals surface area contributed by atoms with E-state index in [1.165, 1.54) is 11.3 Å². The Morgan fingerprint density at radius 3 is 2.70 bits per heavy atom. The summed E-state index contributed by atoms with van der Waals surface area (Å²) in [6, 6.07) is 3.21. The lowest BCUT2D eigenvalue weighted by Gasteiger charge is -2.09. The van der Waals surface area contributed by atoms with Crippen LogP contribution in [0.2, 0.25) is 8.67 Å². The van der Waals surface area contributed by atoms with Crippen LogP contribution in [0.15, 0.2) is 12.1 Å². The van der Waals surface area contributed by atoms with Gasteiger partial charge in [-0.15, -0.1) is 11.3 Å². The number of hydrogen-bond donors (Lipinski definition) is 1. The van der Waals surface area contributed by atoms with E-state index in [0.717, 1.165) is 0 Å². The van der Waals surface area contributed by atoms with Gasteiger partial charge in [0.1, 0.15) is 10.2 Å². The molecular formula is C11H11Cl2N3O2S2. The third-order valence-electron chi connectivity index (χ3n) is 3.25. The van der Waals surface area contributed by atoms with E-state index in [-0.39, 0.29) is 17.5 Å². The molecule has 0 aromatic carbocycles. The quantitative estimate of drug-likeness (QED) is 0.902. The fourth-order valence-electron chi connectivity index (χ4n) is 2.32. The van der Waals surface area contributed by atoms with Gasteiger partial charge in [0, 0.05) is 11.6 Å². The standard InChI is InChI=1S/C11H11Cl2N3O2S2/c12-9-3-7(11(13)19-9)8-4-10(14)16(15-8)6-1-2-20(17,18)5-6/h3-4,6H,1-2,5,14H2. The maximum Gasteiger partial charge on any atom is 0.152 e. The summed E-state index contributed by atoms with van der Waals surface area (Å²) in [7, 11) is -2.98. The maximum absolute atomic E-state index is 11.5. The summed E-state index contributed by atoms with van der Waals surface area (Å²) in [5.41, 5.74) is 7.26. The zero-order valence-electron chi connectivity index (χ0n) is 10.2. The van der Waals surface area contributed by atoms with Crippen LogP contribution < -0.4 is 5.73 Å². The lowest BCUT2D eigenvalue weighted by molar-refractivity contribution is 0.508. The fourth-order valence-corrected chi connectivity index (χ4v) is 5.49. The van der Waals surface area contributed by atoms with E-state index in [4.69, 9.17) is 28.9 Å². The molecule has 0 bridgehead atoms. The van der Waals surface area contributed by atoms with E-state index >= 15 is 0 Å². The van der Waals surface area contributed by atoms with Gasteiger partial charge in [-0.1, -0.05) is 23.2 Å². The minimum absolute atomic E-state index is 0.0798. The Labute approximate surface area is 130 Å². The zero-order chi connectivity index (χ0) is 14.5. The topological polar surface area (TPSA) is 78.0 Å². The number of thiophene rings is 1. The predicted molar refractivity (Wildman–Crippen MR) is 82.3 cm³/mol. The molecule has 1 aliphatic heterocycles. The van der Waals surface area contributed by atoms with Crippen LogP contribution in [0.4, 0.5) is 5.82 Å². The number of hydrogen-bond acceptors (Lipinski definition) is 5. The van der Waals surface area contributed by atoms with Crippen LogP contribution in [0.1, 0.15) is 12.5 Å². The molecule has 0 spiro atoms. The van der Waals surface area contributed by atoms with E-state index in [2.05, 4.69) is 5.10 Å². The van der Waals surface area contributed by atoms with Crippen molar-refractivity contribution in [3.05, 3.63) is 20.8 Å². The molecule has 0 aliphatic carbocycles. The highest BCUT2D eigenvalue weighted by Crippen LogP contribution is 2.38. The summed E-state index contributed by atoms with van der Waals surface area (Å²) >= 11 is 13.3. The predicted octanol–water partition coefficient (Wildman–Crippen LogP) is 2.86. The van der Waals surface area contributed by atoms with Crippen molar-refractivity contribution in [2.45, 2.75) is 12.5 Å². The van der Waals surface area contributed by atoms with Crippen molar-refractivity contribution in [2.24, 2.45) is 0 Å². The molecule has 0 radical (unpaired) electrons. The number of nitrogens with two attached hydrogens (primary N) is 1. The highest BCUT2D eigenvalue weighted by molar-refractivity contribution is 7.91. The van der Waals surface area contributed by atoms with Crippen molar-refractivity contribution in [1.82, 2.24) is 9.78 Å². The molecular weight excluding hydrogens is 341 g/mol. The first-order valence-electron chi connectivity index (χ1n) is 5.86. The monoisotopic (exact) mass is 351 g/mol. The van der Waals surface area contributed by atoms with E-state index in [0.29, 0.717) is 32.2 Å². The minimum Gasteiger partial charge on any atom is -0.384 e. The van der Waals surface area contributed by atoms with Crippen LogP contribution in [0.25, 0.3) is 11.3 Å². The number of anilines is 1. The number of nitrogen functional groups attached to an aromatic ring is 1. The molecule has 1 saturated heterocycles. The van der Waals surface area contributed by atoms with Gasteiger partial charge in [-0.05, 0) is 12.5 Å². The molecule has 9 heteroatoms. The summed E-state index contributed by atoms with van der Waals surface area (Å²) in [5.74, 6) is 0.689. The van der Waals surface area contributed by atoms with Crippen LogP contribution in [0.3, 0.4) is 0 Å². The van der Waals surface area contributed by atoms with Crippen LogP contribution >= 0.6 is 34.5 Å². The van der Waals surface area contributed by atoms with E-state index < -0.39 is 9.84 Å². The van der Waals surface area contributed by atoms with Crippen molar-refractivity contribution in [3.8, 4) is 11.3 Å². The van der Waals surface area contributed by atoms with Crippen LogP contribution in [0.5, 0.6) is 0 Å². The average Bonchev–Trinajstić information content (AvgIpc) is 2.97. The lowest BCUT2D eigenvalue weighted by Crippen LogP contribution is -2.14. The Morgan fingerprint density at radius 1 is 1.40 bits per heavy atom. The normalized spacial score (nSPS) is 21.4. The van der Waals surface area contributed by atoms with Crippen molar-refractivity contribution in [2.75, 3.05) is 17.2 Å². The Balaban J connectivity index is 1.98. The van der Waals surface area contributed by atoms with Crippen molar-refractivity contribution >= 4 is 50.2 Å². The van der Waals surface area contributed by atoms with Crippen LogP contribution in [0, 0.1) is 0 Å². The summed E-state index contributed by atoms with van der Waals surface area (Å²) in [6.45, 7) is 0. The summed E-state index contributed by atoms with van der Waals surface area (Å²) in [5, 5.41) is 4.39. The summed E-state index contributed by atoms with van der Waals surface area (Å²) < 4.78 is 25.8. The van der Waals surface area contributed by atoms with Gasteiger partial charge in [0.15, 0.2) is 9.84 Å². The van der Waals surface area contributed by atoms with Crippen molar-refractivity contribution in [1.29, 1.82) is 0 Å². The summed E-state index contributed by atoms with van der Waals surface area (Å²) in [6.07, 6.45) is 0.534. The van der Waals surface area contributed by atoms with Gasteiger partial charge >= 0.3 is 0 Å². The van der Waals surface area contributed by atoms with Crippen LogP contribution in [-0.4, -0.2) is 29.7 Å². The largest absolute Gasteiger partial charge is 0.384 e. The van der Waals surface area contributed by atoms with Gasteiger partial charge in [-0.25, -0.2) is 13.1 Å². The average molecular weight is 352 g/mol. The number of sulfone groups is 1. The molecule has 1 aliphatic rings. The Morgan fingerprint density at radius 2 is 2.15 bits per heavy atom. The first kappa shape index (κ1) is 14.2. The molecule has 0 saturated carbocycles. The lowest BCUT2D eigenvalue weighted by atomic mass is 10.2. The minimum atomic E-state index is -2.98. The van der Waals surface area contributed by atoms with Crippen LogP contribution in [-0.2, 0) is 9.84 Å². The summed E-state index contributed by atoms with van der Waals surface area (Å²) in [4.78, 5) is 0. The molecule has 3 rings (SSSR count).